The summed E-state index contributed by atoms with van der Waals surface area (Å²) in [7, 11) is 0. The second kappa shape index (κ2) is 21.9. The molecule has 6 nitrogen and oxygen atoms in total. The molecule has 1 N–H and O–H groups in total. The zero-order chi connectivity index (χ0) is 26.4. The van der Waals surface area contributed by atoms with Crippen LogP contribution < -0.4 is 15.0 Å². The SMILES string of the molecule is C(=NCc1ccccc1)c1ccc[n-]1.C(=[NH+]Cc1ccccc1)c1ccc[n-]1.C1CCOC1.C1CCOC1.[Mg+2]. The molecule has 6 rings (SSSR count). The fourth-order valence-electron chi connectivity index (χ4n) is 3.51. The molecule has 0 saturated carbocycles. The summed E-state index contributed by atoms with van der Waals surface area (Å²) >= 11 is 0. The van der Waals surface area contributed by atoms with Gasteiger partial charge in [0.1, 0.15) is 6.21 Å². The second-order valence-corrected chi connectivity index (χ2v) is 8.73. The summed E-state index contributed by atoms with van der Waals surface area (Å²) in [6.45, 7) is 5.56. The molecular weight excluding hydrogens is 497 g/mol. The number of aliphatic imine (C=N–C) groups is 1. The molecular formula is C32H39MgN4O2+. The molecule has 200 valence electrons. The number of nitrogens with one attached hydrogen (secondary N) is 1. The Morgan fingerprint density at radius 2 is 1.15 bits per heavy atom. The first-order valence-electron chi connectivity index (χ1n) is 13.4. The molecule has 0 aliphatic carbocycles. The van der Waals surface area contributed by atoms with E-state index < -0.39 is 0 Å². The van der Waals surface area contributed by atoms with Gasteiger partial charge in [-0.1, -0.05) is 90.6 Å². The van der Waals surface area contributed by atoms with E-state index in [1.54, 1.807) is 18.6 Å². The summed E-state index contributed by atoms with van der Waals surface area (Å²) in [4.78, 5) is 15.7. The first-order chi connectivity index (χ1) is 18.9. The fraction of sp³-hybridized carbons (Fsp3) is 0.312. The zero-order valence-corrected chi connectivity index (χ0v) is 24.2. The molecule has 0 atom stereocenters. The van der Waals surface area contributed by atoms with Gasteiger partial charge in [-0.2, -0.15) is 12.4 Å². The monoisotopic (exact) mass is 535 g/mol. The molecule has 0 amide bonds. The van der Waals surface area contributed by atoms with E-state index in [1.165, 1.54) is 36.8 Å². The molecule has 0 bridgehead atoms. The first kappa shape index (κ1) is 32.2. The minimum Gasteiger partial charge on any atom is -0.663 e. The van der Waals surface area contributed by atoms with Gasteiger partial charge in [-0.25, -0.2) is 4.99 Å². The molecule has 7 heteroatoms. The minimum absolute atomic E-state index is 0. The van der Waals surface area contributed by atoms with Gasteiger partial charge in [0, 0.05) is 38.2 Å². The van der Waals surface area contributed by atoms with Crippen LogP contribution in [-0.4, -0.2) is 61.9 Å². The first-order valence-corrected chi connectivity index (χ1v) is 13.4. The Labute approximate surface area is 249 Å². The van der Waals surface area contributed by atoms with Crippen molar-refractivity contribution in [1.82, 2.24) is 9.97 Å². The molecule has 39 heavy (non-hydrogen) atoms. The molecule has 4 heterocycles. The van der Waals surface area contributed by atoms with E-state index in [2.05, 4.69) is 44.2 Å². The molecule has 2 saturated heterocycles. The topological polar surface area (TPSA) is 73.0 Å². The van der Waals surface area contributed by atoms with E-state index in [1.807, 2.05) is 66.9 Å². The molecule has 0 radical (unpaired) electrons. The van der Waals surface area contributed by atoms with Crippen LogP contribution in [0.3, 0.4) is 0 Å². The summed E-state index contributed by atoms with van der Waals surface area (Å²) in [5.74, 6) is 0. The van der Waals surface area contributed by atoms with E-state index in [0.717, 1.165) is 44.4 Å². The van der Waals surface area contributed by atoms with E-state index in [0.29, 0.717) is 6.54 Å². The Morgan fingerprint density at radius 1 is 0.641 bits per heavy atom. The third-order valence-electron chi connectivity index (χ3n) is 5.55. The number of aromatic nitrogens is 2. The molecule has 4 aromatic rings. The van der Waals surface area contributed by atoms with Gasteiger partial charge >= 0.3 is 23.1 Å². The van der Waals surface area contributed by atoms with E-state index >= 15 is 0 Å². The van der Waals surface area contributed by atoms with Gasteiger partial charge in [-0.3, -0.25) is 4.99 Å². The van der Waals surface area contributed by atoms with Crippen molar-refractivity contribution in [3.63, 3.8) is 0 Å². The summed E-state index contributed by atoms with van der Waals surface area (Å²) in [5.41, 5.74) is 4.38. The van der Waals surface area contributed by atoms with Crippen LogP contribution in [-0.2, 0) is 22.6 Å². The van der Waals surface area contributed by atoms with Crippen LogP contribution >= 0.6 is 0 Å². The Balaban J connectivity index is 0.000000199. The average molecular weight is 536 g/mol. The van der Waals surface area contributed by atoms with E-state index in [9.17, 15) is 0 Å². The standard InChI is InChI=1S/2C12H11N2.2C4H8O.Mg/c2*1-2-5-11(6-3-1)9-13-10-12-7-4-8-14-12;2*1-2-4-5-3-1;/h2*1-8,10H,9H2;2*1-4H2;/q2*-1;;;+2/p+1. The fourth-order valence-corrected chi connectivity index (χ4v) is 3.51. The maximum absolute atomic E-state index is 4.94. The van der Waals surface area contributed by atoms with Gasteiger partial charge in [0.15, 0.2) is 6.54 Å². The number of hydrogen-bond acceptors (Lipinski definition) is 3. The quantitative estimate of drug-likeness (QED) is 0.301. The van der Waals surface area contributed by atoms with Crippen molar-refractivity contribution >= 4 is 35.5 Å². The summed E-state index contributed by atoms with van der Waals surface area (Å²) in [5, 5.41) is 0. The third kappa shape index (κ3) is 15.9. The predicted molar refractivity (Wildman–Crippen MR) is 159 cm³/mol. The Bertz CT molecular complexity index is 1000. The largest absolute Gasteiger partial charge is 2.00 e. The van der Waals surface area contributed by atoms with Crippen LogP contribution in [0.4, 0.5) is 0 Å². The van der Waals surface area contributed by atoms with Gasteiger partial charge in [0.2, 0.25) is 0 Å². The number of ether oxygens (including phenoxy) is 2. The zero-order valence-electron chi connectivity index (χ0n) is 22.8. The summed E-state index contributed by atoms with van der Waals surface area (Å²) in [6, 6.07) is 28.2. The van der Waals surface area contributed by atoms with Crippen molar-refractivity contribution in [2.75, 3.05) is 26.4 Å². The maximum atomic E-state index is 4.94. The normalized spacial score (nSPS) is 13.9. The van der Waals surface area contributed by atoms with Crippen LogP contribution in [0.5, 0.6) is 0 Å². The van der Waals surface area contributed by atoms with E-state index in [4.69, 9.17) is 9.47 Å². The Morgan fingerprint density at radius 3 is 1.62 bits per heavy atom. The van der Waals surface area contributed by atoms with E-state index in [-0.39, 0.29) is 23.1 Å². The number of hydrogen-bond donors (Lipinski definition) is 1. The van der Waals surface area contributed by atoms with Gasteiger partial charge in [-0.05, 0) is 31.2 Å². The smallest absolute Gasteiger partial charge is 0.663 e. The molecule has 2 aromatic carbocycles. The number of rotatable bonds is 6. The van der Waals surface area contributed by atoms with Crippen molar-refractivity contribution in [2.24, 2.45) is 4.99 Å². The molecule has 0 unspecified atom stereocenters. The van der Waals surface area contributed by atoms with Crippen molar-refractivity contribution < 1.29 is 14.5 Å². The predicted octanol–water partition coefficient (Wildman–Crippen LogP) is 3.82. The van der Waals surface area contributed by atoms with Crippen molar-refractivity contribution in [1.29, 1.82) is 0 Å². The summed E-state index contributed by atoms with van der Waals surface area (Å²) in [6.07, 6.45) is 12.4. The Hall–Kier alpha value is -2.97. The molecule has 0 spiro atoms. The van der Waals surface area contributed by atoms with Crippen LogP contribution in [0.25, 0.3) is 0 Å². The van der Waals surface area contributed by atoms with Gasteiger partial charge < -0.3 is 19.4 Å². The third-order valence-corrected chi connectivity index (χ3v) is 5.55. The molecule has 2 aliphatic rings. The second-order valence-electron chi connectivity index (χ2n) is 8.73. The van der Waals surface area contributed by atoms with Crippen molar-refractivity contribution in [3.05, 3.63) is 120 Å². The van der Waals surface area contributed by atoms with Crippen LogP contribution in [0.2, 0.25) is 0 Å². The van der Waals surface area contributed by atoms with Crippen LogP contribution in [0.15, 0.2) is 102 Å². The van der Waals surface area contributed by atoms with Crippen LogP contribution in [0, 0.1) is 0 Å². The average Bonchev–Trinajstić information content (AvgIpc) is 3.81. The molecule has 2 fully saturated rings. The maximum Gasteiger partial charge on any atom is 2.00 e. The minimum atomic E-state index is 0. The number of nitrogens with zero attached hydrogens (tertiary/aromatic N) is 3. The van der Waals surface area contributed by atoms with Crippen molar-refractivity contribution in [3.8, 4) is 0 Å². The molecule has 2 aromatic heterocycles. The molecule has 2 aliphatic heterocycles. The van der Waals surface area contributed by atoms with Gasteiger partial charge in [0.25, 0.3) is 0 Å². The van der Waals surface area contributed by atoms with Crippen LogP contribution in [0.1, 0.15) is 48.2 Å². The van der Waals surface area contributed by atoms with Gasteiger partial charge in [0.05, 0.1) is 6.54 Å². The number of benzene rings is 2. The van der Waals surface area contributed by atoms with Crippen molar-refractivity contribution in [2.45, 2.75) is 38.8 Å². The van der Waals surface area contributed by atoms with Gasteiger partial charge in [-0.15, -0.1) is 5.69 Å². The Kier molecular flexibility index (Phi) is 18.1. The summed E-state index contributed by atoms with van der Waals surface area (Å²) < 4.78 is 9.89.